The van der Waals surface area contributed by atoms with Gasteiger partial charge in [-0.2, -0.15) is 0 Å². The van der Waals surface area contributed by atoms with Gasteiger partial charge in [-0.05, 0) is 38.7 Å². The van der Waals surface area contributed by atoms with Crippen LogP contribution >= 0.6 is 0 Å². The van der Waals surface area contributed by atoms with Gasteiger partial charge in [0, 0.05) is 16.7 Å². The molecule has 0 radical (unpaired) electrons. The third-order valence-electron chi connectivity index (χ3n) is 9.96. The molecule has 4 fully saturated rings. The second kappa shape index (κ2) is 7.35. The number of hydrogen-bond acceptors (Lipinski definition) is 9. The third-order valence-corrected chi connectivity index (χ3v) is 9.96. The molecular weight excluding hydrogens is 444 g/mol. The van der Waals surface area contributed by atoms with E-state index in [1.807, 2.05) is 6.92 Å². The highest BCUT2D eigenvalue weighted by atomic mass is 16.6. The van der Waals surface area contributed by atoms with Crippen molar-refractivity contribution in [2.45, 2.75) is 83.6 Å². The van der Waals surface area contributed by atoms with E-state index >= 15 is 0 Å². The Hall–Kier alpha value is -1.81. The monoisotopic (exact) mass is 478 g/mol. The molecule has 0 aromatic heterocycles. The number of ketones is 1. The Labute approximate surface area is 198 Å². The van der Waals surface area contributed by atoms with E-state index < -0.39 is 82.4 Å². The molecule has 3 aliphatic carbocycles. The smallest absolute Gasteiger partial charge is 0.348 e. The zero-order valence-corrected chi connectivity index (χ0v) is 20.2. The molecule has 0 amide bonds. The van der Waals surface area contributed by atoms with E-state index in [2.05, 4.69) is 0 Å². The highest BCUT2D eigenvalue weighted by Gasteiger charge is 2.82. The van der Waals surface area contributed by atoms with E-state index in [0.29, 0.717) is 12.8 Å². The molecule has 2 bridgehead atoms. The molecule has 0 aromatic carbocycles. The molecule has 188 valence electrons. The van der Waals surface area contributed by atoms with Gasteiger partial charge in [-0.15, -0.1) is 0 Å². The Morgan fingerprint density at radius 2 is 1.91 bits per heavy atom. The van der Waals surface area contributed by atoms with Crippen molar-refractivity contribution in [3.05, 3.63) is 11.6 Å². The van der Waals surface area contributed by atoms with Gasteiger partial charge < -0.3 is 29.5 Å². The topological polar surface area (TPSA) is 140 Å². The average Bonchev–Trinajstić information content (AvgIpc) is 3.06. The normalized spacial score (nSPS) is 52.2. The lowest BCUT2D eigenvalue weighted by Gasteiger charge is -2.68. The summed E-state index contributed by atoms with van der Waals surface area (Å²) in [5.41, 5.74) is -2.84. The molecule has 5 aliphatic rings. The first-order valence-electron chi connectivity index (χ1n) is 12.2. The van der Waals surface area contributed by atoms with Crippen molar-refractivity contribution in [3.8, 4) is 0 Å². The maximum atomic E-state index is 13.3. The summed E-state index contributed by atoms with van der Waals surface area (Å²) in [6.07, 6.45) is -3.95. The average molecular weight is 479 g/mol. The minimum atomic E-state index is -1.43. The SMILES string of the molecule is CCC(C)C(=O)OC1C(=O)OC2CC3C(C)=CC(=O)C(O)C3(C)C3C(O)C(O)C4(C)OCC23C14. The van der Waals surface area contributed by atoms with Gasteiger partial charge in [-0.1, -0.05) is 26.3 Å². The van der Waals surface area contributed by atoms with Crippen molar-refractivity contribution in [1.82, 2.24) is 0 Å². The molecule has 2 saturated carbocycles. The first-order chi connectivity index (χ1) is 15.8. The molecule has 34 heavy (non-hydrogen) atoms. The number of esters is 2. The van der Waals surface area contributed by atoms with Gasteiger partial charge in [-0.25, -0.2) is 4.79 Å². The number of hydrogen-bond donors (Lipinski definition) is 3. The van der Waals surface area contributed by atoms with Crippen LogP contribution in [0.15, 0.2) is 11.6 Å². The lowest BCUT2D eigenvalue weighted by atomic mass is 9.38. The minimum absolute atomic E-state index is 0.0360. The number of allylic oxidation sites excluding steroid dienone is 1. The van der Waals surface area contributed by atoms with E-state index in [0.717, 1.165) is 5.57 Å². The van der Waals surface area contributed by atoms with Crippen molar-refractivity contribution < 1.29 is 43.9 Å². The highest BCUT2D eigenvalue weighted by molar-refractivity contribution is 5.96. The number of carbonyl (C=O) groups excluding carboxylic acids is 3. The number of aliphatic hydroxyl groups is 3. The Morgan fingerprint density at radius 3 is 2.56 bits per heavy atom. The zero-order chi connectivity index (χ0) is 25.0. The van der Waals surface area contributed by atoms with Crippen LogP contribution in [0.4, 0.5) is 0 Å². The Balaban J connectivity index is 1.69. The van der Waals surface area contributed by atoms with Gasteiger partial charge in [-0.3, -0.25) is 9.59 Å². The molecule has 2 aliphatic heterocycles. The minimum Gasteiger partial charge on any atom is -0.459 e. The number of ether oxygens (including phenoxy) is 3. The van der Waals surface area contributed by atoms with Crippen LogP contribution in [0.3, 0.4) is 0 Å². The van der Waals surface area contributed by atoms with Crippen LogP contribution in [0.5, 0.6) is 0 Å². The summed E-state index contributed by atoms with van der Waals surface area (Å²) < 4.78 is 17.8. The van der Waals surface area contributed by atoms with Gasteiger partial charge in [0.15, 0.2) is 5.78 Å². The molecule has 12 atom stereocenters. The van der Waals surface area contributed by atoms with Crippen LogP contribution in [0.2, 0.25) is 0 Å². The molecule has 12 unspecified atom stereocenters. The number of rotatable bonds is 3. The zero-order valence-electron chi connectivity index (χ0n) is 20.2. The molecule has 5 rings (SSSR count). The molecule has 2 heterocycles. The van der Waals surface area contributed by atoms with Crippen LogP contribution in [0.25, 0.3) is 0 Å². The molecule has 9 nitrogen and oxygen atoms in total. The number of fused-ring (bicyclic) bond motifs is 2. The maximum absolute atomic E-state index is 13.3. The molecule has 3 N–H and O–H groups in total. The first kappa shape index (κ1) is 23.9. The van der Waals surface area contributed by atoms with Crippen LogP contribution in [-0.4, -0.2) is 75.8 Å². The van der Waals surface area contributed by atoms with Gasteiger partial charge in [0.05, 0.1) is 24.5 Å². The van der Waals surface area contributed by atoms with Crippen LogP contribution < -0.4 is 0 Å². The summed E-state index contributed by atoms with van der Waals surface area (Å²) in [4.78, 5) is 38.8. The summed E-state index contributed by atoms with van der Waals surface area (Å²) in [6.45, 7) is 8.76. The van der Waals surface area contributed by atoms with Crippen LogP contribution in [-0.2, 0) is 28.6 Å². The van der Waals surface area contributed by atoms with E-state index in [9.17, 15) is 29.7 Å². The van der Waals surface area contributed by atoms with Gasteiger partial charge in [0.1, 0.15) is 23.9 Å². The van der Waals surface area contributed by atoms with E-state index in [1.54, 1.807) is 27.7 Å². The fraction of sp³-hybridized carbons (Fsp3) is 0.800. The predicted octanol–water partition coefficient (Wildman–Crippen LogP) is 0.529. The first-order valence-corrected chi connectivity index (χ1v) is 12.2. The Morgan fingerprint density at radius 1 is 1.24 bits per heavy atom. The summed E-state index contributed by atoms with van der Waals surface area (Å²) in [6, 6.07) is 0. The highest BCUT2D eigenvalue weighted by Crippen LogP contribution is 2.72. The summed E-state index contributed by atoms with van der Waals surface area (Å²) in [5, 5.41) is 34.0. The fourth-order valence-corrected chi connectivity index (χ4v) is 8.09. The van der Waals surface area contributed by atoms with Crippen molar-refractivity contribution in [2.75, 3.05) is 6.61 Å². The van der Waals surface area contributed by atoms with Crippen molar-refractivity contribution in [3.63, 3.8) is 0 Å². The summed E-state index contributed by atoms with van der Waals surface area (Å²) in [7, 11) is 0. The lowest BCUT2D eigenvalue weighted by Crippen LogP contribution is -2.78. The quantitative estimate of drug-likeness (QED) is 0.496. The second-order valence-electron chi connectivity index (χ2n) is 11.4. The summed E-state index contributed by atoms with van der Waals surface area (Å²) >= 11 is 0. The number of aliphatic hydroxyl groups excluding tert-OH is 3. The van der Waals surface area contributed by atoms with Crippen molar-refractivity contribution in [2.24, 2.45) is 34.5 Å². The largest absolute Gasteiger partial charge is 0.459 e. The van der Waals surface area contributed by atoms with Gasteiger partial charge in [0.2, 0.25) is 6.10 Å². The van der Waals surface area contributed by atoms with Crippen LogP contribution in [0.1, 0.15) is 47.5 Å². The Kier molecular flexibility index (Phi) is 5.17. The van der Waals surface area contributed by atoms with Gasteiger partial charge in [0.25, 0.3) is 0 Å². The number of carbonyl (C=O) groups is 3. The lowest BCUT2D eigenvalue weighted by molar-refractivity contribution is -0.297. The fourth-order valence-electron chi connectivity index (χ4n) is 8.09. The molecule has 0 aromatic rings. The van der Waals surface area contributed by atoms with E-state index in [1.165, 1.54) is 6.08 Å². The van der Waals surface area contributed by atoms with Crippen molar-refractivity contribution >= 4 is 17.7 Å². The molecule has 1 spiro atoms. The van der Waals surface area contributed by atoms with E-state index in [-0.39, 0.29) is 12.5 Å². The van der Waals surface area contributed by atoms with Crippen molar-refractivity contribution in [1.29, 1.82) is 0 Å². The third kappa shape index (κ3) is 2.61. The molecule has 9 heteroatoms. The molecular formula is C25H34O9. The van der Waals surface area contributed by atoms with Gasteiger partial charge >= 0.3 is 11.9 Å². The van der Waals surface area contributed by atoms with E-state index in [4.69, 9.17) is 14.2 Å². The maximum Gasteiger partial charge on any atom is 0.348 e. The summed E-state index contributed by atoms with van der Waals surface area (Å²) in [5.74, 6) is -4.16. The standard InChI is InChI=1S/C25H34O9/c1-6-10(2)21(30)34-16-18-24(5)20(29)15(27)17-23(4)12(11(3)7-13(26)19(23)28)8-14(33-22(16)31)25(17,18)9-32-24/h7,10,12,14-20,27-29H,6,8-9H2,1-5H3. The second-order valence-corrected chi connectivity index (χ2v) is 11.4. The predicted molar refractivity (Wildman–Crippen MR) is 116 cm³/mol. The molecule has 2 saturated heterocycles. The Bertz CT molecular complexity index is 975. The van der Waals surface area contributed by atoms with Crippen LogP contribution in [0, 0.1) is 34.5 Å².